The quantitative estimate of drug-likeness (QED) is 0.676. The van der Waals surface area contributed by atoms with Crippen LogP contribution in [0, 0.1) is 5.41 Å². The molecule has 0 aromatic carbocycles. The zero-order chi connectivity index (χ0) is 9.73. The molecule has 2 heteroatoms. The van der Waals surface area contributed by atoms with Crippen LogP contribution in [-0.2, 0) is 0 Å². The van der Waals surface area contributed by atoms with Gasteiger partial charge in [-0.25, -0.2) is 0 Å². The maximum atomic E-state index is 3.58. The van der Waals surface area contributed by atoms with E-state index >= 15 is 0 Å². The van der Waals surface area contributed by atoms with Gasteiger partial charge in [0.1, 0.15) is 0 Å². The predicted octanol–water partition coefficient (Wildman–Crippen LogP) is 4.47. The van der Waals surface area contributed by atoms with Gasteiger partial charge in [-0.1, -0.05) is 49.0 Å². The van der Waals surface area contributed by atoms with E-state index in [1.54, 1.807) is 0 Å². The van der Waals surface area contributed by atoms with Gasteiger partial charge >= 0.3 is 0 Å². The smallest absolute Gasteiger partial charge is 0.00905 e. The topological polar surface area (TPSA) is 0 Å². The number of thioether (sulfide) groups is 1. The van der Waals surface area contributed by atoms with Crippen LogP contribution in [-0.4, -0.2) is 16.3 Å². The highest BCUT2D eigenvalue weighted by atomic mass is 79.9. The van der Waals surface area contributed by atoms with Crippen molar-refractivity contribution in [3.63, 3.8) is 0 Å². The van der Waals surface area contributed by atoms with Gasteiger partial charge in [-0.3, -0.25) is 0 Å². The van der Waals surface area contributed by atoms with Gasteiger partial charge in [-0.15, -0.1) is 0 Å². The predicted molar refractivity (Wildman–Crippen MR) is 66.9 cm³/mol. The molecule has 0 heterocycles. The largest absolute Gasteiger partial charge is 0.158 e. The van der Waals surface area contributed by atoms with Gasteiger partial charge in [0.2, 0.25) is 0 Å². The zero-order valence-corrected chi connectivity index (χ0v) is 11.2. The Morgan fingerprint density at radius 1 is 1.23 bits per heavy atom. The Kier molecular flexibility index (Phi) is 5.17. The molecule has 0 aliphatic heterocycles. The summed E-state index contributed by atoms with van der Waals surface area (Å²) >= 11 is 5.78. The van der Waals surface area contributed by atoms with Crippen molar-refractivity contribution in [3.05, 3.63) is 0 Å². The summed E-state index contributed by atoms with van der Waals surface area (Å²) in [6.45, 7) is 4.69. The van der Waals surface area contributed by atoms with E-state index in [4.69, 9.17) is 0 Å². The second-order valence-electron chi connectivity index (χ2n) is 4.87. The second kappa shape index (κ2) is 5.65. The lowest BCUT2D eigenvalue weighted by Crippen LogP contribution is -2.19. The van der Waals surface area contributed by atoms with Gasteiger partial charge < -0.3 is 0 Å². The Bertz CT molecular complexity index is 139. The average molecular weight is 265 g/mol. The summed E-state index contributed by atoms with van der Waals surface area (Å²) in [5.41, 5.74) is 0.474. The third kappa shape index (κ3) is 4.73. The van der Waals surface area contributed by atoms with Gasteiger partial charge in [0.05, 0.1) is 0 Å². The maximum absolute atomic E-state index is 3.58. The molecule has 1 saturated carbocycles. The van der Waals surface area contributed by atoms with Crippen LogP contribution < -0.4 is 0 Å². The fourth-order valence-electron chi connectivity index (χ4n) is 1.61. The summed E-state index contributed by atoms with van der Waals surface area (Å²) in [6, 6.07) is 0. The van der Waals surface area contributed by atoms with Crippen LogP contribution in [0.25, 0.3) is 0 Å². The van der Waals surface area contributed by atoms with Crippen molar-refractivity contribution < 1.29 is 0 Å². The average Bonchev–Trinajstić information content (AvgIpc) is 2.17. The van der Waals surface area contributed by atoms with Crippen molar-refractivity contribution >= 4 is 27.7 Å². The molecule has 1 aliphatic rings. The minimum absolute atomic E-state index is 0.474. The highest BCUT2D eigenvalue weighted by molar-refractivity contribution is 9.09. The molecule has 0 aromatic heterocycles. The normalized spacial score (nSPS) is 20.5. The Hall–Kier alpha value is 0.830. The maximum Gasteiger partial charge on any atom is 0.00905 e. The molecule has 0 N–H and O–H groups in total. The van der Waals surface area contributed by atoms with E-state index in [1.165, 1.54) is 37.9 Å². The molecule has 0 aromatic rings. The summed E-state index contributed by atoms with van der Waals surface area (Å²) < 4.78 is 0. The first kappa shape index (κ1) is 11.9. The fraction of sp³-hybridized carbons (Fsp3) is 1.00. The Morgan fingerprint density at radius 3 is 2.38 bits per heavy atom. The summed E-state index contributed by atoms with van der Waals surface area (Å²) in [5, 5.41) is 2.09. The van der Waals surface area contributed by atoms with E-state index in [2.05, 4.69) is 41.5 Å². The van der Waals surface area contributed by atoms with Crippen molar-refractivity contribution in [2.24, 2.45) is 5.41 Å². The lowest BCUT2D eigenvalue weighted by atomic mass is 10.00. The molecule has 13 heavy (non-hydrogen) atoms. The van der Waals surface area contributed by atoms with Crippen LogP contribution >= 0.6 is 27.7 Å². The van der Waals surface area contributed by atoms with Gasteiger partial charge in [-0.05, 0) is 24.0 Å². The molecule has 0 saturated heterocycles. The van der Waals surface area contributed by atoms with E-state index in [-0.39, 0.29) is 0 Å². The van der Waals surface area contributed by atoms with Gasteiger partial charge in [0.15, 0.2) is 0 Å². The second-order valence-corrected chi connectivity index (χ2v) is 6.72. The highest BCUT2D eigenvalue weighted by Gasteiger charge is 2.20. The number of hydrogen-bond donors (Lipinski definition) is 0. The van der Waals surface area contributed by atoms with Crippen LogP contribution in [0.4, 0.5) is 0 Å². The Labute approximate surface area is 95.4 Å². The molecule has 1 aliphatic carbocycles. The van der Waals surface area contributed by atoms with Crippen molar-refractivity contribution in [3.8, 4) is 0 Å². The van der Waals surface area contributed by atoms with E-state index in [9.17, 15) is 0 Å². The lowest BCUT2D eigenvalue weighted by molar-refractivity contribution is 0.485. The van der Waals surface area contributed by atoms with Crippen molar-refractivity contribution in [2.75, 3.05) is 11.1 Å². The van der Waals surface area contributed by atoms with Gasteiger partial charge in [-0.2, -0.15) is 11.8 Å². The van der Waals surface area contributed by atoms with Crippen molar-refractivity contribution in [1.82, 2.24) is 0 Å². The van der Waals surface area contributed by atoms with Crippen LogP contribution in [0.1, 0.15) is 46.0 Å². The zero-order valence-electron chi connectivity index (χ0n) is 8.81. The van der Waals surface area contributed by atoms with Crippen molar-refractivity contribution in [1.29, 1.82) is 0 Å². The molecule has 0 amide bonds. The van der Waals surface area contributed by atoms with Crippen LogP contribution in [0.2, 0.25) is 0 Å². The van der Waals surface area contributed by atoms with E-state index in [0.29, 0.717) is 5.41 Å². The third-order valence-electron chi connectivity index (χ3n) is 2.62. The number of halogens is 1. The summed E-state index contributed by atoms with van der Waals surface area (Å²) in [5.74, 6) is 1.31. The van der Waals surface area contributed by atoms with Crippen molar-refractivity contribution in [2.45, 2.75) is 51.2 Å². The first-order valence-electron chi connectivity index (χ1n) is 5.32. The Morgan fingerprint density at radius 2 is 1.85 bits per heavy atom. The van der Waals surface area contributed by atoms with Gasteiger partial charge in [0, 0.05) is 10.6 Å². The third-order valence-corrected chi connectivity index (χ3v) is 6.03. The van der Waals surface area contributed by atoms with E-state index in [1.807, 2.05) is 0 Å². The standard InChI is InChI=1S/C11H21BrS/c1-11(2,8-12)9-13-10-6-4-3-5-7-10/h10H,3-9H2,1-2H3. The number of alkyl halides is 1. The molecule has 0 radical (unpaired) electrons. The first-order chi connectivity index (χ1) is 6.14. The molecular weight excluding hydrogens is 244 g/mol. The summed E-state index contributed by atoms with van der Waals surface area (Å²) in [6.07, 6.45) is 7.32. The SMILES string of the molecule is CC(C)(CBr)CSC1CCCCC1. The van der Waals surface area contributed by atoms with Crippen LogP contribution in [0.15, 0.2) is 0 Å². The Balaban J connectivity index is 2.17. The molecule has 0 atom stereocenters. The van der Waals surface area contributed by atoms with E-state index in [0.717, 1.165) is 10.6 Å². The minimum atomic E-state index is 0.474. The fourth-order valence-corrected chi connectivity index (χ4v) is 3.53. The number of hydrogen-bond acceptors (Lipinski definition) is 1. The van der Waals surface area contributed by atoms with Gasteiger partial charge in [0.25, 0.3) is 0 Å². The molecule has 0 unspecified atom stereocenters. The summed E-state index contributed by atoms with van der Waals surface area (Å²) in [7, 11) is 0. The molecule has 0 bridgehead atoms. The number of rotatable bonds is 4. The molecular formula is C11H21BrS. The van der Waals surface area contributed by atoms with E-state index < -0.39 is 0 Å². The lowest BCUT2D eigenvalue weighted by Gasteiger charge is -2.26. The monoisotopic (exact) mass is 264 g/mol. The van der Waals surface area contributed by atoms with Crippen LogP contribution in [0.3, 0.4) is 0 Å². The molecule has 0 nitrogen and oxygen atoms in total. The molecule has 78 valence electrons. The molecule has 1 fully saturated rings. The van der Waals surface area contributed by atoms with Crippen LogP contribution in [0.5, 0.6) is 0 Å². The first-order valence-corrected chi connectivity index (χ1v) is 7.49. The molecule has 1 rings (SSSR count). The summed E-state index contributed by atoms with van der Waals surface area (Å²) in [4.78, 5) is 0. The molecule has 0 spiro atoms. The highest BCUT2D eigenvalue weighted by Crippen LogP contribution is 2.33. The minimum Gasteiger partial charge on any atom is -0.158 e.